The molecule has 0 aliphatic carbocycles. The van der Waals surface area contributed by atoms with Gasteiger partial charge in [-0.05, 0) is 12.5 Å². The Bertz CT molecular complexity index is 596. The number of fused-ring (bicyclic) bond motifs is 1. The van der Waals surface area contributed by atoms with Gasteiger partial charge in [0.25, 0.3) is 0 Å². The molecule has 0 fully saturated rings. The molecule has 3 atom stereocenters. The van der Waals surface area contributed by atoms with E-state index in [-0.39, 0.29) is 11.8 Å². The van der Waals surface area contributed by atoms with Gasteiger partial charge in [0.2, 0.25) is 5.89 Å². The number of hydrogen-bond donors (Lipinski definition) is 1. The normalized spacial score (nSPS) is 20.2. The van der Waals surface area contributed by atoms with Crippen molar-refractivity contribution in [2.24, 2.45) is 0 Å². The monoisotopic (exact) mass is 274 g/mol. The highest BCUT2D eigenvalue weighted by molar-refractivity contribution is 5.42. The molecule has 0 bridgehead atoms. The van der Waals surface area contributed by atoms with Crippen molar-refractivity contribution >= 4 is 0 Å². The maximum atomic E-state index is 9.86. The first-order chi connectivity index (χ1) is 9.70. The van der Waals surface area contributed by atoms with Crippen LogP contribution in [-0.4, -0.2) is 28.0 Å². The SMILES string of the molecule is CCC(O)C(C)c1nc(C2COc3ccccc32)no1. The molecule has 1 aromatic heterocycles. The van der Waals surface area contributed by atoms with Crippen molar-refractivity contribution in [3.8, 4) is 5.75 Å². The minimum absolute atomic E-state index is 0.00895. The molecule has 0 spiro atoms. The lowest BCUT2D eigenvalue weighted by atomic mass is 10.0. The van der Waals surface area contributed by atoms with E-state index in [0.717, 1.165) is 11.3 Å². The average molecular weight is 274 g/mol. The number of aliphatic hydroxyl groups excluding tert-OH is 1. The van der Waals surface area contributed by atoms with Gasteiger partial charge in [-0.15, -0.1) is 0 Å². The van der Waals surface area contributed by atoms with Crippen LogP contribution in [0, 0.1) is 0 Å². The summed E-state index contributed by atoms with van der Waals surface area (Å²) in [6.45, 7) is 4.35. The molecule has 0 amide bonds. The van der Waals surface area contributed by atoms with Gasteiger partial charge in [-0.3, -0.25) is 0 Å². The molecule has 20 heavy (non-hydrogen) atoms. The summed E-state index contributed by atoms with van der Waals surface area (Å²) in [5.41, 5.74) is 1.09. The largest absolute Gasteiger partial charge is 0.492 e. The molecule has 5 nitrogen and oxygen atoms in total. The van der Waals surface area contributed by atoms with E-state index in [2.05, 4.69) is 10.1 Å². The third-order valence-corrected chi connectivity index (χ3v) is 3.85. The maximum Gasteiger partial charge on any atom is 0.232 e. The summed E-state index contributed by atoms with van der Waals surface area (Å²) in [4.78, 5) is 4.44. The van der Waals surface area contributed by atoms with Gasteiger partial charge in [0.05, 0.1) is 17.9 Å². The van der Waals surface area contributed by atoms with Crippen LogP contribution in [0.4, 0.5) is 0 Å². The lowest BCUT2D eigenvalue weighted by Gasteiger charge is -2.12. The Morgan fingerprint density at radius 2 is 2.20 bits per heavy atom. The highest BCUT2D eigenvalue weighted by Gasteiger charge is 2.30. The number of nitrogens with zero attached hydrogens (tertiary/aromatic N) is 2. The molecule has 1 aliphatic rings. The second kappa shape index (κ2) is 5.25. The van der Waals surface area contributed by atoms with Crippen molar-refractivity contribution in [2.75, 3.05) is 6.61 Å². The summed E-state index contributed by atoms with van der Waals surface area (Å²) in [6.07, 6.45) is 0.198. The summed E-state index contributed by atoms with van der Waals surface area (Å²) in [6, 6.07) is 7.89. The molecular formula is C15H18N2O3. The first kappa shape index (κ1) is 13.1. The van der Waals surface area contributed by atoms with Gasteiger partial charge < -0.3 is 14.4 Å². The molecule has 0 saturated heterocycles. The number of aliphatic hydroxyl groups is 1. The van der Waals surface area contributed by atoms with E-state index in [4.69, 9.17) is 9.26 Å². The summed E-state index contributed by atoms with van der Waals surface area (Å²) in [7, 11) is 0. The van der Waals surface area contributed by atoms with Crippen molar-refractivity contribution in [1.82, 2.24) is 10.1 Å². The van der Waals surface area contributed by atoms with Gasteiger partial charge in [-0.1, -0.05) is 37.2 Å². The lowest BCUT2D eigenvalue weighted by molar-refractivity contribution is 0.129. The van der Waals surface area contributed by atoms with E-state index in [1.165, 1.54) is 0 Å². The predicted octanol–water partition coefficient (Wildman–Crippen LogP) is 2.47. The van der Waals surface area contributed by atoms with E-state index in [0.29, 0.717) is 24.7 Å². The quantitative estimate of drug-likeness (QED) is 0.927. The fourth-order valence-corrected chi connectivity index (χ4v) is 2.47. The Balaban J connectivity index is 1.85. The molecule has 0 radical (unpaired) electrons. The molecule has 1 N–H and O–H groups in total. The summed E-state index contributed by atoms with van der Waals surface area (Å²) in [5.74, 6) is 1.85. The van der Waals surface area contributed by atoms with Crippen LogP contribution in [0.15, 0.2) is 28.8 Å². The fourth-order valence-electron chi connectivity index (χ4n) is 2.47. The van der Waals surface area contributed by atoms with E-state index in [9.17, 15) is 5.11 Å². The van der Waals surface area contributed by atoms with Crippen LogP contribution in [0.3, 0.4) is 0 Å². The van der Waals surface area contributed by atoms with Crippen LogP contribution in [0.25, 0.3) is 0 Å². The Morgan fingerprint density at radius 3 is 3.00 bits per heavy atom. The third-order valence-electron chi connectivity index (χ3n) is 3.85. The second-order valence-electron chi connectivity index (χ2n) is 5.16. The van der Waals surface area contributed by atoms with Crippen LogP contribution in [-0.2, 0) is 0 Å². The van der Waals surface area contributed by atoms with Crippen LogP contribution >= 0.6 is 0 Å². The Morgan fingerprint density at radius 1 is 1.40 bits per heavy atom. The molecule has 5 heteroatoms. The molecular weight excluding hydrogens is 256 g/mol. The topological polar surface area (TPSA) is 68.4 Å². The van der Waals surface area contributed by atoms with Gasteiger partial charge in [-0.2, -0.15) is 4.98 Å². The highest BCUT2D eigenvalue weighted by atomic mass is 16.5. The van der Waals surface area contributed by atoms with Gasteiger partial charge in [0.15, 0.2) is 5.82 Å². The van der Waals surface area contributed by atoms with Crippen molar-refractivity contribution in [2.45, 2.75) is 38.2 Å². The zero-order chi connectivity index (χ0) is 14.1. The van der Waals surface area contributed by atoms with Gasteiger partial charge in [0, 0.05) is 5.56 Å². The molecule has 1 aliphatic heterocycles. The number of benzene rings is 1. The zero-order valence-corrected chi connectivity index (χ0v) is 11.6. The number of hydrogen-bond acceptors (Lipinski definition) is 5. The molecule has 0 saturated carbocycles. The van der Waals surface area contributed by atoms with Crippen molar-refractivity contribution in [1.29, 1.82) is 0 Å². The summed E-state index contributed by atoms with van der Waals surface area (Å²) >= 11 is 0. The Labute approximate surface area is 117 Å². The Kier molecular flexibility index (Phi) is 3.44. The minimum Gasteiger partial charge on any atom is -0.492 e. The number of para-hydroxylation sites is 1. The van der Waals surface area contributed by atoms with Crippen LogP contribution in [0.2, 0.25) is 0 Å². The Hall–Kier alpha value is -1.88. The second-order valence-corrected chi connectivity index (χ2v) is 5.16. The highest BCUT2D eigenvalue weighted by Crippen LogP contribution is 2.37. The zero-order valence-electron chi connectivity index (χ0n) is 11.6. The lowest BCUT2D eigenvalue weighted by Crippen LogP contribution is -2.15. The number of ether oxygens (including phenoxy) is 1. The van der Waals surface area contributed by atoms with Crippen molar-refractivity contribution < 1.29 is 14.4 Å². The van der Waals surface area contributed by atoms with Crippen LogP contribution in [0.1, 0.15) is 49.4 Å². The van der Waals surface area contributed by atoms with Crippen LogP contribution in [0.5, 0.6) is 5.75 Å². The van der Waals surface area contributed by atoms with Crippen LogP contribution < -0.4 is 4.74 Å². The molecule has 106 valence electrons. The van der Waals surface area contributed by atoms with Gasteiger partial charge >= 0.3 is 0 Å². The minimum atomic E-state index is -0.463. The van der Waals surface area contributed by atoms with E-state index < -0.39 is 6.10 Å². The number of rotatable bonds is 4. The van der Waals surface area contributed by atoms with Gasteiger partial charge in [0.1, 0.15) is 12.4 Å². The predicted molar refractivity (Wildman–Crippen MR) is 72.8 cm³/mol. The fraction of sp³-hybridized carbons (Fsp3) is 0.467. The smallest absolute Gasteiger partial charge is 0.232 e. The summed E-state index contributed by atoms with van der Waals surface area (Å²) < 4.78 is 10.9. The van der Waals surface area contributed by atoms with E-state index >= 15 is 0 Å². The molecule has 3 rings (SSSR count). The first-order valence-electron chi connectivity index (χ1n) is 6.94. The standard InChI is InChI=1S/C15H18N2O3/c1-3-12(18)9(2)15-16-14(17-20-15)11-8-19-13-7-5-4-6-10(11)13/h4-7,9,11-12,18H,3,8H2,1-2H3. The molecule has 1 aromatic carbocycles. The van der Waals surface area contributed by atoms with Crippen molar-refractivity contribution in [3.05, 3.63) is 41.5 Å². The van der Waals surface area contributed by atoms with Crippen molar-refractivity contribution in [3.63, 3.8) is 0 Å². The number of aromatic nitrogens is 2. The molecule has 2 heterocycles. The molecule has 2 aromatic rings. The van der Waals surface area contributed by atoms with E-state index in [1.54, 1.807) is 0 Å². The molecule has 3 unspecified atom stereocenters. The maximum absolute atomic E-state index is 9.86. The third kappa shape index (κ3) is 2.18. The summed E-state index contributed by atoms with van der Waals surface area (Å²) in [5, 5.41) is 13.9. The van der Waals surface area contributed by atoms with E-state index in [1.807, 2.05) is 38.1 Å². The van der Waals surface area contributed by atoms with Gasteiger partial charge in [-0.25, -0.2) is 0 Å². The average Bonchev–Trinajstić information content (AvgIpc) is 3.11. The first-order valence-corrected chi connectivity index (χ1v) is 6.94.